The molecular weight excluding hydrogens is 224 g/mol. The minimum atomic E-state index is 0.412. The second-order valence-corrected chi connectivity index (χ2v) is 4.24. The predicted molar refractivity (Wildman–Crippen MR) is 75.8 cm³/mol. The van der Waals surface area contributed by atoms with Crippen LogP contribution in [-0.2, 0) is 0 Å². The molecule has 4 heteroatoms. The van der Waals surface area contributed by atoms with Gasteiger partial charge in [-0.05, 0) is 43.7 Å². The summed E-state index contributed by atoms with van der Waals surface area (Å²) in [5.74, 6) is 0.455. The Morgan fingerprint density at radius 2 is 2.17 bits per heavy atom. The highest BCUT2D eigenvalue weighted by Crippen LogP contribution is 2.24. The molecule has 0 fully saturated rings. The summed E-state index contributed by atoms with van der Waals surface area (Å²) in [6.45, 7) is 3.71. The SMILES string of the molecule is CC(=N)/C=C(/N)Nc1ccc(C)c2ncccc12. The maximum Gasteiger partial charge on any atom is 0.102 e. The Hall–Kier alpha value is -2.36. The lowest BCUT2D eigenvalue weighted by Gasteiger charge is -2.10. The number of nitrogens with one attached hydrogen (secondary N) is 2. The average molecular weight is 240 g/mol. The Labute approximate surface area is 106 Å². The van der Waals surface area contributed by atoms with Crippen molar-refractivity contribution in [3.05, 3.63) is 47.9 Å². The number of anilines is 1. The van der Waals surface area contributed by atoms with Crippen LogP contribution in [0.5, 0.6) is 0 Å². The van der Waals surface area contributed by atoms with E-state index in [2.05, 4.69) is 10.3 Å². The molecule has 0 unspecified atom stereocenters. The van der Waals surface area contributed by atoms with Gasteiger partial charge in [-0.3, -0.25) is 4.98 Å². The van der Waals surface area contributed by atoms with Crippen LogP contribution in [-0.4, -0.2) is 10.7 Å². The summed E-state index contributed by atoms with van der Waals surface area (Å²) in [6, 6.07) is 7.87. The monoisotopic (exact) mass is 240 g/mol. The van der Waals surface area contributed by atoms with Crippen LogP contribution in [0.2, 0.25) is 0 Å². The first-order chi connectivity index (χ1) is 8.58. The molecule has 1 aromatic heterocycles. The molecule has 0 atom stereocenters. The molecule has 92 valence electrons. The van der Waals surface area contributed by atoms with Gasteiger partial charge in [0, 0.05) is 23.0 Å². The zero-order valence-electron chi connectivity index (χ0n) is 10.5. The fourth-order valence-corrected chi connectivity index (χ4v) is 1.85. The highest BCUT2D eigenvalue weighted by molar-refractivity contribution is 5.95. The van der Waals surface area contributed by atoms with Crippen LogP contribution in [0, 0.1) is 12.3 Å². The summed E-state index contributed by atoms with van der Waals surface area (Å²) in [7, 11) is 0. The van der Waals surface area contributed by atoms with E-state index in [4.69, 9.17) is 11.1 Å². The third-order valence-corrected chi connectivity index (χ3v) is 2.62. The van der Waals surface area contributed by atoms with Crippen molar-refractivity contribution in [1.82, 2.24) is 4.98 Å². The topological polar surface area (TPSA) is 74.8 Å². The molecule has 0 aliphatic carbocycles. The molecule has 0 bridgehead atoms. The maximum atomic E-state index is 7.38. The van der Waals surface area contributed by atoms with Gasteiger partial charge >= 0.3 is 0 Å². The second-order valence-electron chi connectivity index (χ2n) is 4.24. The van der Waals surface area contributed by atoms with Gasteiger partial charge in [-0.1, -0.05) is 6.07 Å². The van der Waals surface area contributed by atoms with Gasteiger partial charge in [0.2, 0.25) is 0 Å². The van der Waals surface area contributed by atoms with Gasteiger partial charge in [0.15, 0.2) is 0 Å². The van der Waals surface area contributed by atoms with E-state index < -0.39 is 0 Å². The fraction of sp³-hybridized carbons (Fsp3) is 0.143. The van der Waals surface area contributed by atoms with E-state index in [9.17, 15) is 0 Å². The van der Waals surface area contributed by atoms with E-state index in [1.807, 2.05) is 31.2 Å². The molecule has 0 aliphatic heterocycles. The van der Waals surface area contributed by atoms with Gasteiger partial charge < -0.3 is 16.5 Å². The predicted octanol–water partition coefficient (Wildman–Crippen LogP) is 2.79. The van der Waals surface area contributed by atoms with Crippen LogP contribution in [0.3, 0.4) is 0 Å². The Morgan fingerprint density at radius 3 is 2.89 bits per heavy atom. The third-order valence-electron chi connectivity index (χ3n) is 2.62. The van der Waals surface area contributed by atoms with E-state index in [0.717, 1.165) is 22.2 Å². The summed E-state index contributed by atoms with van der Waals surface area (Å²) >= 11 is 0. The first-order valence-corrected chi connectivity index (χ1v) is 5.71. The molecule has 0 saturated heterocycles. The molecule has 4 N–H and O–H groups in total. The van der Waals surface area contributed by atoms with Gasteiger partial charge in [-0.2, -0.15) is 0 Å². The highest BCUT2D eigenvalue weighted by atomic mass is 15.0. The normalized spacial score (nSPS) is 11.6. The molecule has 0 aliphatic rings. The van der Waals surface area contributed by atoms with Crippen LogP contribution in [0.15, 0.2) is 42.4 Å². The van der Waals surface area contributed by atoms with E-state index >= 15 is 0 Å². The number of allylic oxidation sites excluding steroid dienone is 1. The number of rotatable bonds is 3. The van der Waals surface area contributed by atoms with Gasteiger partial charge in [-0.25, -0.2) is 0 Å². The molecular formula is C14H16N4. The van der Waals surface area contributed by atoms with Crippen molar-refractivity contribution >= 4 is 22.3 Å². The van der Waals surface area contributed by atoms with Crippen molar-refractivity contribution in [2.24, 2.45) is 5.73 Å². The van der Waals surface area contributed by atoms with Crippen LogP contribution >= 0.6 is 0 Å². The molecule has 2 aromatic rings. The van der Waals surface area contributed by atoms with E-state index in [1.54, 1.807) is 19.2 Å². The first kappa shape index (κ1) is 12.1. The number of nitrogens with two attached hydrogens (primary N) is 1. The molecule has 0 spiro atoms. The molecule has 1 aromatic carbocycles. The minimum absolute atomic E-state index is 0.412. The van der Waals surface area contributed by atoms with Crippen LogP contribution in [0.4, 0.5) is 5.69 Å². The van der Waals surface area contributed by atoms with Gasteiger partial charge in [0.25, 0.3) is 0 Å². The zero-order chi connectivity index (χ0) is 13.1. The van der Waals surface area contributed by atoms with Gasteiger partial charge in [0.1, 0.15) is 5.82 Å². The number of benzene rings is 1. The summed E-state index contributed by atoms with van der Waals surface area (Å²) in [6.07, 6.45) is 3.36. The summed E-state index contributed by atoms with van der Waals surface area (Å²) < 4.78 is 0. The number of fused-ring (bicyclic) bond motifs is 1. The largest absolute Gasteiger partial charge is 0.385 e. The van der Waals surface area contributed by atoms with E-state index in [-0.39, 0.29) is 0 Å². The van der Waals surface area contributed by atoms with Crippen LogP contribution in [0.1, 0.15) is 12.5 Å². The average Bonchev–Trinajstić information content (AvgIpc) is 2.32. The molecule has 0 saturated carbocycles. The van der Waals surface area contributed by atoms with Crippen molar-refractivity contribution in [2.45, 2.75) is 13.8 Å². The second kappa shape index (κ2) is 4.87. The smallest absolute Gasteiger partial charge is 0.102 e. The number of hydrogen-bond acceptors (Lipinski definition) is 4. The number of aromatic nitrogens is 1. The summed E-state index contributed by atoms with van der Waals surface area (Å²) in [5.41, 5.74) is 9.22. The summed E-state index contributed by atoms with van der Waals surface area (Å²) in [4.78, 5) is 4.37. The Bertz CT molecular complexity index is 629. The van der Waals surface area contributed by atoms with Crippen molar-refractivity contribution in [3.8, 4) is 0 Å². The van der Waals surface area contributed by atoms with E-state index in [1.165, 1.54) is 0 Å². The van der Waals surface area contributed by atoms with Crippen LogP contribution in [0.25, 0.3) is 10.9 Å². The van der Waals surface area contributed by atoms with Gasteiger partial charge in [-0.15, -0.1) is 0 Å². The first-order valence-electron chi connectivity index (χ1n) is 5.71. The molecule has 1 heterocycles. The summed E-state index contributed by atoms with van der Waals surface area (Å²) in [5, 5.41) is 11.5. The quantitative estimate of drug-likeness (QED) is 0.722. The minimum Gasteiger partial charge on any atom is -0.385 e. The molecule has 18 heavy (non-hydrogen) atoms. The standard InChI is InChI=1S/C14H16N4/c1-9-5-6-12(18-13(16)8-10(2)15)11-4-3-7-17-14(9)11/h3-8,15,18H,16H2,1-2H3/b13-8-,15-10?. The number of hydrogen-bond donors (Lipinski definition) is 3. The molecule has 0 radical (unpaired) electrons. The van der Waals surface area contributed by atoms with E-state index in [0.29, 0.717) is 11.5 Å². The van der Waals surface area contributed by atoms with Crippen LogP contribution < -0.4 is 11.1 Å². The Morgan fingerprint density at radius 1 is 1.39 bits per heavy atom. The highest BCUT2D eigenvalue weighted by Gasteiger charge is 2.04. The number of pyridine rings is 1. The maximum absolute atomic E-state index is 7.38. The van der Waals surface area contributed by atoms with Crippen molar-refractivity contribution < 1.29 is 0 Å². The molecule has 4 nitrogen and oxygen atoms in total. The Balaban J connectivity index is 2.46. The van der Waals surface area contributed by atoms with Crippen molar-refractivity contribution in [1.29, 1.82) is 5.41 Å². The molecule has 2 rings (SSSR count). The fourth-order valence-electron chi connectivity index (χ4n) is 1.85. The zero-order valence-corrected chi connectivity index (χ0v) is 10.5. The molecule has 0 amide bonds. The number of nitrogens with zero attached hydrogens (tertiary/aromatic N) is 1. The lowest BCUT2D eigenvalue weighted by molar-refractivity contribution is 1.30. The van der Waals surface area contributed by atoms with Crippen molar-refractivity contribution in [2.75, 3.05) is 5.32 Å². The third kappa shape index (κ3) is 2.48. The van der Waals surface area contributed by atoms with Gasteiger partial charge in [0.05, 0.1) is 5.52 Å². The lowest BCUT2D eigenvalue weighted by Crippen LogP contribution is -2.11. The lowest BCUT2D eigenvalue weighted by atomic mass is 10.1. The van der Waals surface area contributed by atoms with Crippen molar-refractivity contribution in [3.63, 3.8) is 0 Å². The Kier molecular flexibility index (Phi) is 3.28. The number of aryl methyl sites for hydroxylation is 1.